The smallest absolute Gasteiger partial charge is 0.183 e. The number of fused-ring (bicyclic) bond motifs is 1. The zero-order valence-electron chi connectivity index (χ0n) is 20.3. The number of nitrogens with zero attached hydrogens (tertiary/aromatic N) is 2. The molecule has 2 aromatic heterocycles. The zero-order chi connectivity index (χ0) is 24.6. The van der Waals surface area contributed by atoms with Crippen molar-refractivity contribution in [1.82, 2.24) is 9.97 Å². The number of hydrogen-bond donors (Lipinski definition) is 0. The Morgan fingerprint density at radius 2 is 1.97 bits per heavy atom. The highest BCUT2D eigenvalue weighted by Gasteiger charge is 2.41. The summed E-state index contributed by atoms with van der Waals surface area (Å²) in [5.41, 5.74) is -0.148. The molecule has 1 saturated carbocycles. The molecule has 1 aromatic carbocycles. The van der Waals surface area contributed by atoms with Crippen LogP contribution in [-0.2, 0) is 15.1 Å². The van der Waals surface area contributed by atoms with E-state index in [4.69, 9.17) is 9.47 Å². The van der Waals surface area contributed by atoms with Crippen LogP contribution in [0.15, 0.2) is 35.4 Å². The van der Waals surface area contributed by atoms with Crippen molar-refractivity contribution in [3.05, 3.63) is 45.9 Å². The van der Waals surface area contributed by atoms with Gasteiger partial charge in [0.05, 0.1) is 23.3 Å². The molecule has 8 heteroatoms. The normalized spacial score (nSPS) is 23.2. The van der Waals surface area contributed by atoms with Gasteiger partial charge in [-0.1, -0.05) is 11.8 Å². The average Bonchev–Trinajstić information content (AvgIpc) is 3.57. The number of thiophene rings is 1. The second kappa shape index (κ2) is 9.99. The lowest BCUT2D eigenvalue weighted by Gasteiger charge is -2.31. The van der Waals surface area contributed by atoms with Crippen molar-refractivity contribution in [3.63, 3.8) is 0 Å². The van der Waals surface area contributed by atoms with Crippen molar-refractivity contribution in [1.29, 1.82) is 0 Å². The summed E-state index contributed by atoms with van der Waals surface area (Å²) in [5, 5.41) is 1.62. The monoisotopic (exact) mass is 510 g/mol. The minimum Gasteiger partial charge on any atom is -0.497 e. The van der Waals surface area contributed by atoms with Crippen LogP contribution in [0.5, 0.6) is 5.75 Å². The lowest BCUT2D eigenvalue weighted by atomic mass is 9.87. The van der Waals surface area contributed by atoms with Crippen LogP contribution in [0.2, 0.25) is 0 Å². The fourth-order valence-corrected chi connectivity index (χ4v) is 6.91. The summed E-state index contributed by atoms with van der Waals surface area (Å²) >= 11 is 2.77. The summed E-state index contributed by atoms with van der Waals surface area (Å²) in [7, 11) is 1.62. The Labute approximate surface area is 213 Å². The molecule has 1 aliphatic carbocycles. The standard InChI is InChI=1S/C27H30N2O4S2/c1-16-28-21-8-7-19(32-3)14-20(21)26(29-16)34-15-22(30)23-9-11-25(35-23)27(2)24(31)10-6-18(12-13-33-27)17-4-5-17/h7-9,11,14,17-18H,4-6,10,12-13,15H2,1-3H3/t18?,27-/m0/s1. The first-order chi connectivity index (χ1) is 16.9. The topological polar surface area (TPSA) is 78.4 Å². The van der Waals surface area contributed by atoms with Crippen LogP contribution in [0.3, 0.4) is 0 Å². The maximum absolute atomic E-state index is 13.1. The molecule has 2 atom stereocenters. The van der Waals surface area contributed by atoms with Gasteiger partial charge in [0, 0.05) is 23.3 Å². The number of benzene rings is 1. The second-order valence-corrected chi connectivity index (χ2v) is 11.6. The van der Waals surface area contributed by atoms with Crippen molar-refractivity contribution in [2.45, 2.75) is 56.6 Å². The highest BCUT2D eigenvalue weighted by Crippen LogP contribution is 2.44. The van der Waals surface area contributed by atoms with Gasteiger partial charge >= 0.3 is 0 Å². The first-order valence-electron chi connectivity index (χ1n) is 12.1. The average molecular weight is 511 g/mol. The van der Waals surface area contributed by atoms with Crippen LogP contribution in [0.4, 0.5) is 0 Å². The summed E-state index contributed by atoms with van der Waals surface area (Å²) in [5.74, 6) is 3.16. The van der Waals surface area contributed by atoms with Crippen LogP contribution >= 0.6 is 23.1 Å². The molecule has 2 fully saturated rings. The summed E-state index contributed by atoms with van der Waals surface area (Å²) < 4.78 is 11.5. The third kappa shape index (κ3) is 5.15. The van der Waals surface area contributed by atoms with E-state index in [0.717, 1.165) is 45.3 Å². The molecule has 3 aromatic rings. The first-order valence-corrected chi connectivity index (χ1v) is 13.9. The molecule has 35 heavy (non-hydrogen) atoms. The predicted molar refractivity (Wildman–Crippen MR) is 139 cm³/mol. The van der Waals surface area contributed by atoms with Gasteiger partial charge < -0.3 is 9.47 Å². The number of aryl methyl sites for hydroxylation is 1. The number of thioether (sulfide) groups is 1. The van der Waals surface area contributed by atoms with Crippen LogP contribution < -0.4 is 4.74 Å². The van der Waals surface area contributed by atoms with Crippen molar-refractivity contribution in [3.8, 4) is 5.75 Å². The van der Waals surface area contributed by atoms with Crippen LogP contribution in [0.1, 0.15) is 59.4 Å². The Morgan fingerprint density at radius 1 is 1.17 bits per heavy atom. The Morgan fingerprint density at radius 3 is 2.74 bits per heavy atom. The minimum absolute atomic E-state index is 0.00857. The summed E-state index contributed by atoms with van der Waals surface area (Å²) in [6.45, 7) is 4.30. The molecule has 184 valence electrons. The summed E-state index contributed by atoms with van der Waals surface area (Å²) in [6.07, 6.45) is 5.09. The van der Waals surface area contributed by atoms with Gasteiger partial charge in [0.25, 0.3) is 0 Å². The van der Waals surface area contributed by atoms with Gasteiger partial charge in [-0.05, 0) is 81.7 Å². The van der Waals surface area contributed by atoms with Crippen molar-refractivity contribution >= 4 is 45.6 Å². The lowest BCUT2D eigenvalue weighted by molar-refractivity contribution is -0.146. The third-order valence-electron chi connectivity index (χ3n) is 7.11. The van der Waals surface area contributed by atoms with E-state index in [0.29, 0.717) is 29.6 Å². The largest absolute Gasteiger partial charge is 0.497 e. The van der Waals surface area contributed by atoms with Gasteiger partial charge in [-0.3, -0.25) is 9.59 Å². The molecule has 0 N–H and O–H groups in total. The van der Waals surface area contributed by atoms with Gasteiger partial charge in [-0.25, -0.2) is 9.97 Å². The number of Topliss-reactive ketones (excluding diaryl/α,β-unsaturated/α-hetero) is 2. The maximum atomic E-state index is 13.1. The molecule has 1 saturated heterocycles. The molecule has 1 unspecified atom stereocenters. The van der Waals surface area contributed by atoms with Gasteiger partial charge in [0.1, 0.15) is 16.6 Å². The van der Waals surface area contributed by atoms with E-state index in [2.05, 4.69) is 9.97 Å². The maximum Gasteiger partial charge on any atom is 0.183 e. The lowest BCUT2D eigenvalue weighted by Crippen LogP contribution is -2.37. The number of carbonyl (C=O) groups excluding carboxylic acids is 2. The zero-order valence-corrected chi connectivity index (χ0v) is 22.0. The van der Waals surface area contributed by atoms with E-state index in [-0.39, 0.29) is 17.3 Å². The SMILES string of the molecule is COc1ccc2nc(C)nc(SCC(=O)c3ccc([C@@]4(C)OCCC(C5CC5)CCC4=O)s3)c2c1. The molecule has 6 nitrogen and oxygen atoms in total. The highest BCUT2D eigenvalue weighted by molar-refractivity contribution is 8.00. The number of methoxy groups -OCH3 is 1. The molecule has 2 aliphatic rings. The van der Waals surface area contributed by atoms with Crippen LogP contribution in [0, 0.1) is 18.8 Å². The molecule has 0 bridgehead atoms. The molecule has 0 amide bonds. The number of hydrogen-bond acceptors (Lipinski definition) is 8. The third-order valence-corrected chi connectivity index (χ3v) is 9.43. The van der Waals surface area contributed by atoms with Crippen molar-refractivity contribution in [2.75, 3.05) is 19.5 Å². The number of rotatable bonds is 7. The van der Waals surface area contributed by atoms with E-state index < -0.39 is 5.60 Å². The fraction of sp³-hybridized carbons (Fsp3) is 0.481. The predicted octanol–water partition coefficient (Wildman–Crippen LogP) is 5.99. The van der Waals surface area contributed by atoms with Crippen LogP contribution in [-0.4, -0.2) is 41.0 Å². The molecule has 5 rings (SSSR count). The van der Waals surface area contributed by atoms with Gasteiger partial charge in [-0.15, -0.1) is 11.3 Å². The molecule has 1 aliphatic heterocycles. The van der Waals surface area contributed by atoms with E-state index in [1.165, 1.54) is 35.9 Å². The van der Waals surface area contributed by atoms with Gasteiger partial charge in [0.2, 0.25) is 0 Å². The Balaban J connectivity index is 1.29. The number of aromatic nitrogens is 2. The molecular formula is C27H30N2O4S2. The second-order valence-electron chi connectivity index (χ2n) is 9.56. The van der Waals surface area contributed by atoms with Gasteiger partial charge in [-0.2, -0.15) is 0 Å². The van der Waals surface area contributed by atoms with E-state index in [1.807, 2.05) is 44.2 Å². The Bertz CT molecular complexity index is 1270. The first kappa shape index (κ1) is 24.4. The molecular weight excluding hydrogens is 480 g/mol. The summed E-state index contributed by atoms with van der Waals surface area (Å²) in [4.78, 5) is 36.7. The highest BCUT2D eigenvalue weighted by atomic mass is 32.2. The molecule has 0 spiro atoms. The quantitative estimate of drug-likeness (QED) is 0.219. The number of ketones is 2. The van der Waals surface area contributed by atoms with E-state index in [1.54, 1.807) is 7.11 Å². The molecule has 3 heterocycles. The fourth-order valence-electron chi connectivity index (χ4n) is 4.82. The van der Waals surface area contributed by atoms with Crippen molar-refractivity contribution in [2.24, 2.45) is 11.8 Å². The Hall–Kier alpha value is -2.29. The van der Waals surface area contributed by atoms with Crippen LogP contribution in [0.25, 0.3) is 10.9 Å². The molecule has 0 radical (unpaired) electrons. The minimum atomic E-state index is -0.971. The summed E-state index contributed by atoms with van der Waals surface area (Å²) in [6, 6.07) is 9.38. The number of ether oxygens (including phenoxy) is 2. The number of carbonyl (C=O) groups is 2. The Kier molecular flexibility index (Phi) is 6.97. The van der Waals surface area contributed by atoms with E-state index >= 15 is 0 Å². The van der Waals surface area contributed by atoms with Crippen molar-refractivity contribution < 1.29 is 19.1 Å². The van der Waals surface area contributed by atoms with Gasteiger partial charge in [0.15, 0.2) is 17.2 Å². The van der Waals surface area contributed by atoms with E-state index in [9.17, 15) is 9.59 Å².